The topological polar surface area (TPSA) is 87.0 Å². The van der Waals surface area contributed by atoms with E-state index in [-0.39, 0.29) is 17.9 Å². The highest BCUT2D eigenvalue weighted by Crippen LogP contribution is 2.34. The quantitative estimate of drug-likeness (QED) is 0.571. The van der Waals surface area contributed by atoms with E-state index in [2.05, 4.69) is 4.99 Å². The molecule has 0 aliphatic carbocycles. The number of hydrogen-bond donors (Lipinski definition) is 0. The Hall–Kier alpha value is -2.65. The average Bonchev–Trinajstić information content (AvgIpc) is 3.03. The van der Waals surface area contributed by atoms with Gasteiger partial charge in [-0.25, -0.2) is 8.42 Å². The molecule has 1 amide bonds. The number of benzene rings is 2. The predicted octanol–water partition coefficient (Wildman–Crippen LogP) is 2.69. The zero-order valence-corrected chi connectivity index (χ0v) is 18.0. The van der Waals surface area contributed by atoms with E-state index in [0.717, 1.165) is 10.2 Å². The third-order valence-corrected chi connectivity index (χ3v) is 7.14. The fourth-order valence-corrected chi connectivity index (χ4v) is 5.41. The van der Waals surface area contributed by atoms with Gasteiger partial charge in [0.05, 0.1) is 25.7 Å². The molecule has 9 heteroatoms. The van der Waals surface area contributed by atoms with Gasteiger partial charge in [0.2, 0.25) is 5.91 Å². The number of sulfone groups is 1. The summed E-state index contributed by atoms with van der Waals surface area (Å²) in [5, 5.41) is 0. The molecule has 0 fully saturated rings. The highest BCUT2D eigenvalue weighted by molar-refractivity contribution is 7.90. The van der Waals surface area contributed by atoms with Gasteiger partial charge in [-0.2, -0.15) is 4.99 Å². The Bertz CT molecular complexity index is 1190. The van der Waals surface area contributed by atoms with Crippen molar-refractivity contribution in [3.8, 4) is 11.5 Å². The molecule has 7 nitrogen and oxygen atoms in total. The van der Waals surface area contributed by atoms with Crippen molar-refractivity contribution < 1.29 is 22.7 Å². The van der Waals surface area contributed by atoms with E-state index in [4.69, 9.17) is 9.47 Å². The fraction of sp³-hybridized carbons (Fsp3) is 0.300. The lowest BCUT2D eigenvalue weighted by molar-refractivity contribution is -0.117. The maximum absolute atomic E-state index is 12.3. The highest BCUT2D eigenvalue weighted by atomic mass is 32.2. The third-order valence-electron chi connectivity index (χ3n) is 4.39. The number of hydrogen-bond acceptors (Lipinski definition) is 6. The van der Waals surface area contributed by atoms with Crippen LogP contribution in [0.4, 0.5) is 0 Å². The Morgan fingerprint density at radius 2 is 1.72 bits per heavy atom. The number of carbonyl (C=O) groups is 1. The van der Waals surface area contributed by atoms with Crippen LogP contribution < -0.4 is 14.3 Å². The summed E-state index contributed by atoms with van der Waals surface area (Å²) in [6.07, 6.45) is -0.169. The molecule has 0 bridgehead atoms. The molecule has 1 aromatic heterocycles. The fourth-order valence-electron chi connectivity index (χ4n) is 2.94. The minimum absolute atomic E-state index is 0.0911. The maximum atomic E-state index is 12.3. The van der Waals surface area contributed by atoms with Crippen LogP contribution in [0.1, 0.15) is 12.0 Å². The van der Waals surface area contributed by atoms with Crippen LogP contribution in [0.3, 0.4) is 0 Å². The molecule has 3 aromatic rings. The largest absolute Gasteiger partial charge is 0.495 e. The van der Waals surface area contributed by atoms with E-state index in [1.54, 1.807) is 62.2 Å². The maximum Gasteiger partial charge on any atom is 0.249 e. The minimum Gasteiger partial charge on any atom is -0.495 e. The monoisotopic (exact) mass is 434 g/mol. The van der Waals surface area contributed by atoms with Crippen molar-refractivity contribution in [2.24, 2.45) is 12.0 Å². The second kappa shape index (κ2) is 8.79. The third kappa shape index (κ3) is 4.86. The first-order valence-electron chi connectivity index (χ1n) is 8.87. The number of thiazole rings is 1. The van der Waals surface area contributed by atoms with Crippen LogP contribution in [0.2, 0.25) is 0 Å². The van der Waals surface area contributed by atoms with Crippen molar-refractivity contribution in [3.05, 3.63) is 52.8 Å². The Morgan fingerprint density at radius 3 is 2.38 bits per heavy atom. The Labute approximate surface area is 173 Å². The van der Waals surface area contributed by atoms with Gasteiger partial charge in [-0.15, -0.1) is 0 Å². The summed E-state index contributed by atoms with van der Waals surface area (Å²) in [6.45, 7) is 0. The van der Waals surface area contributed by atoms with Gasteiger partial charge in [-0.3, -0.25) is 4.79 Å². The number of aryl methyl sites for hydroxylation is 1. The summed E-state index contributed by atoms with van der Waals surface area (Å²) >= 11 is 1.29. The van der Waals surface area contributed by atoms with Crippen LogP contribution >= 0.6 is 11.3 Å². The number of aromatic nitrogens is 1. The number of rotatable bonds is 7. The molecule has 29 heavy (non-hydrogen) atoms. The van der Waals surface area contributed by atoms with E-state index in [0.29, 0.717) is 21.9 Å². The minimum atomic E-state index is -3.40. The summed E-state index contributed by atoms with van der Waals surface area (Å²) in [6, 6.07) is 12.5. The molecular weight excluding hydrogens is 412 g/mol. The number of nitrogens with zero attached hydrogens (tertiary/aromatic N) is 2. The molecule has 0 aliphatic heterocycles. The lowest BCUT2D eigenvalue weighted by Crippen LogP contribution is -2.16. The first-order chi connectivity index (χ1) is 13.8. The normalized spacial score (nSPS) is 12.3. The molecular formula is C20H22N2O5S2. The van der Waals surface area contributed by atoms with Crippen LogP contribution in [-0.4, -0.2) is 38.9 Å². The second-order valence-electron chi connectivity index (χ2n) is 6.42. The van der Waals surface area contributed by atoms with Gasteiger partial charge in [0, 0.05) is 13.5 Å². The number of carbonyl (C=O) groups excluding carboxylic acids is 1. The van der Waals surface area contributed by atoms with Gasteiger partial charge in [0.15, 0.2) is 14.6 Å². The van der Waals surface area contributed by atoms with Crippen LogP contribution in [0.25, 0.3) is 10.2 Å². The van der Waals surface area contributed by atoms with Crippen molar-refractivity contribution >= 4 is 37.3 Å². The van der Waals surface area contributed by atoms with Crippen molar-refractivity contribution in [1.82, 2.24) is 4.57 Å². The Morgan fingerprint density at radius 1 is 1.07 bits per heavy atom. The van der Waals surface area contributed by atoms with Crippen LogP contribution in [0.5, 0.6) is 11.5 Å². The SMILES string of the molecule is COc1ccc(OC)c2c1sc(=NC(=O)CCS(=O)(=O)Cc1ccccc1)n2C. The first-order valence-corrected chi connectivity index (χ1v) is 11.5. The van der Waals surface area contributed by atoms with Gasteiger partial charge >= 0.3 is 0 Å². The number of amides is 1. The van der Waals surface area contributed by atoms with Crippen molar-refractivity contribution in [3.63, 3.8) is 0 Å². The summed E-state index contributed by atoms with van der Waals surface area (Å²) < 4.78 is 37.9. The summed E-state index contributed by atoms with van der Waals surface area (Å²) in [7, 11) is 1.51. The first kappa shape index (κ1) is 21.1. The molecule has 154 valence electrons. The molecule has 3 rings (SSSR count). The molecule has 0 atom stereocenters. The van der Waals surface area contributed by atoms with E-state index >= 15 is 0 Å². The van der Waals surface area contributed by atoms with E-state index in [9.17, 15) is 13.2 Å². The molecule has 0 spiro atoms. The highest BCUT2D eigenvalue weighted by Gasteiger charge is 2.16. The lowest BCUT2D eigenvalue weighted by atomic mass is 10.2. The molecule has 0 unspecified atom stereocenters. The summed E-state index contributed by atoms with van der Waals surface area (Å²) in [4.78, 5) is 16.9. The van der Waals surface area contributed by atoms with Gasteiger partial charge in [-0.05, 0) is 17.7 Å². The van der Waals surface area contributed by atoms with Crippen molar-refractivity contribution in [2.75, 3.05) is 20.0 Å². The molecule has 2 aromatic carbocycles. The molecule has 0 saturated carbocycles. The van der Waals surface area contributed by atoms with Gasteiger partial charge in [0.25, 0.3) is 0 Å². The van der Waals surface area contributed by atoms with Crippen LogP contribution in [0.15, 0.2) is 47.5 Å². The van der Waals surface area contributed by atoms with E-state index < -0.39 is 15.7 Å². The Kier molecular flexibility index (Phi) is 6.39. The molecule has 0 radical (unpaired) electrons. The standard InChI is InChI=1S/C20H22N2O5S2/c1-22-18-15(26-2)9-10-16(27-3)19(18)28-20(22)21-17(23)11-12-29(24,25)13-14-7-5-4-6-8-14/h4-10H,11-13H2,1-3H3. The molecule has 0 aliphatic rings. The van der Waals surface area contributed by atoms with Gasteiger partial charge in [0.1, 0.15) is 21.7 Å². The zero-order valence-electron chi connectivity index (χ0n) is 16.4. The smallest absolute Gasteiger partial charge is 0.249 e. The van der Waals surface area contributed by atoms with Crippen molar-refractivity contribution in [2.45, 2.75) is 12.2 Å². The lowest BCUT2D eigenvalue weighted by Gasteiger charge is -2.06. The zero-order chi connectivity index (χ0) is 21.0. The number of methoxy groups -OCH3 is 2. The number of fused-ring (bicyclic) bond motifs is 1. The van der Waals surface area contributed by atoms with Gasteiger partial charge in [-0.1, -0.05) is 41.7 Å². The van der Waals surface area contributed by atoms with Crippen molar-refractivity contribution in [1.29, 1.82) is 0 Å². The second-order valence-corrected chi connectivity index (χ2v) is 9.59. The predicted molar refractivity (Wildman–Crippen MR) is 113 cm³/mol. The van der Waals surface area contributed by atoms with Crippen LogP contribution in [-0.2, 0) is 27.4 Å². The Balaban J connectivity index is 1.82. The van der Waals surface area contributed by atoms with E-state index in [1.807, 2.05) is 6.07 Å². The summed E-state index contributed by atoms with van der Waals surface area (Å²) in [5.41, 5.74) is 1.46. The molecule has 0 saturated heterocycles. The van der Waals surface area contributed by atoms with Gasteiger partial charge < -0.3 is 14.0 Å². The summed E-state index contributed by atoms with van der Waals surface area (Å²) in [5.74, 6) is 0.471. The number of ether oxygens (including phenoxy) is 2. The average molecular weight is 435 g/mol. The van der Waals surface area contributed by atoms with Crippen LogP contribution in [0, 0.1) is 0 Å². The van der Waals surface area contributed by atoms with E-state index in [1.165, 1.54) is 11.3 Å². The molecule has 1 heterocycles. The molecule has 0 N–H and O–H groups in total.